The van der Waals surface area contributed by atoms with Gasteiger partial charge in [0.25, 0.3) is 5.89 Å². The summed E-state index contributed by atoms with van der Waals surface area (Å²) in [6, 6.07) is 1.93. The Bertz CT molecular complexity index is 544. The van der Waals surface area contributed by atoms with E-state index in [1.165, 1.54) is 0 Å². The largest absolute Gasteiger partial charge is 0.351 e. The van der Waals surface area contributed by atoms with E-state index in [0.29, 0.717) is 17.5 Å². The molecule has 1 N–H and O–H groups in total. The molecule has 102 valence electrons. The fourth-order valence-electron chi connectivity index (χ4n) is 2.20. The molecule has 0 aromatic carbocycles. The van der Waals surface area contributed by atoms with Crippen molar-refractivity contribution in [2.75, 3.05) is 26.2 Å². The molecular formula is C12H17N5O2. The lowest BCUT2D eigenvalue weighted by Crippen LogP contribution is -2.44. The van der Waals surface area contributed by atoms with Gasteiger partial charge in [-0.2, -0.15) is 4.98 Å². The Hall–Kier alpha value is -1.73. The van der Waals surface area contributed by atoms with Gasteiger partial charge in [0, 0.05) is 32.2 Å². The van der Waals surface area contributed by atoms with Crippen LogP contribution in [0.25, 0.3) is 11.7 Å². The quantitative estimate of drug-likeness (QED) is 0.884. The average molecular weight is 263 g/mol. The highest BCUT2D eigenvalue weighted by molar-refractivity contribution is 5.43. The van der Waals surface area contributed by atoms with Gasteiger partial charge < -0.3 is 14.4 Å². The zero-order chi connectivity index (χ0) is 13.2. The highest BCUT2D eigenvalue weighted by Gasteiger charge is 2.23. The molecular weight excluding hydrogens is 246 g/mol. The summed E-state index contributed by atoms with van der Waals surface area (Å²) < 4.78 is 10.4. The number of nitrogens with one attached hydrogen (secondary N) is 1. The first kappa shape index (κ1) is 12.3. The molecule has 1 fully saturated rings. The molecule has 1 aliphatic rings. The summed E-state index contributed by atoms with van der Waals surface area (Å²) in [5.74, 6) is 1.59. The third-order valence-electron chi connectivity index (χ3n) is 3.35. The Morgan fingerprint density at radius 2 is 2.05 bits per heavy atom. The molecule has 0 amide bonds. The summed E-state index contributed by atoms with van der Waals surface area (Å²) in [6.45, 7) is 7.92. The normalized spacial score (nSPS) is 18.6. The van der Waals surface area contributed by atoms with Crippen molar-refractivity contribution in [3.05, 3.63) is 17.6 Å². The third-order valence-corrected chi connectivity index (χ3v) is 3.35. The first-order valence-corrected chi connectivity index (χ1v) is 6.46. The molecule has 0 bridgehead atoms. The van der Waals surface area contributed by atoms with Crippen LogP contribution in [0.3, 0.4) is 0 Å². The Kier molecular flexibility index (Phi) is 3.31. The fraction of sp³-hybridized carbons (Fsp3) is 0.583. The zero-order valence-corrected chi connectivity index (χ0v) is 11.1. The van der Waals surface area contributed by atoms with Gasteiger partial charge in [-0.3, -0.25) is 4.90 Å². The van der Waals surface area contributed by atoms with Crippen molar-refractivity contribution in [2.24, 2.45) is 0 Å². The molecule has 7 heteroatoms. The van der Waals surface area contributed by atoms with E-state index < -0.39 is 0 Å². The summed E-state index contributed by atoms with van der Waals surface area (Å²) in [4.78, 5) is 6.73. The number of hydrogen-bond acceptors (Lipinski definition) is 7. The molecule has 0 aliphatic carbocycles. The van der Waals surface area contributed by atoms with E-state index in [1.807, 2.05) is 6.92 Å². The molecule has 7 nitrogen and oxygen atoms in total. The van der Waals surface area contributed by atoms with Crippen LogP contribution >= 0.6 is 0 Å². The van der Waals surface area contributed by atoms with E-state index in [0.717, 1.165) is 31.9 Å². The first-order chi connectivity index (χ1) is 9.24. The van der Waals surface area contributed by atoms with Crippen molar-refractivity contribution >= 4 is 0 Å². The highest BCUT2D eigenvalue weighted by Crippen LogP contribution is 2.22. The van der Waals surface area contributed by atoms with Gasteiger partial charge in [0.1, 0.15) is 0 Å². The van der Waals surface area contributed by atoms with Gasteiger partial charge in [0.05, 0.1) is 11.7 Å². The van der Waals surface area contributed by atoms with E-state index in [9.17, 15) is 0 Å². The second-order valence-corrected chi connectivity index (χ2v) is 4.75. The molecule has 0 radical (unpaired) electrons. The van der Waals surface area contributed by atoms with E-state index >= 15 is 0 Å². The van der Waals surface area contributed by atoms with Crippen LogP contribution in [0.15, 0.2) is 15.1 Å². The minimum atomic E-state index is 0.142. The molecule has 0 saturated carbocycles. The Labute approximate surface area is 110 Å². The fourth-order valence-corrected chi connectivity index (χ4v) is 2.20. The Balaban J connectivity index is 1.76. The summed E-state index contributed by atoms with van der Waals surface area (Å²) in [5.41, 5.74) is 0.796. The predicted octanol–water partition coefficient (Wildman–Crippen LogP) is 0.999. The molecule has 2 aromatic rings. The zero-order valence-electron chi connectivity index (χ0n) is 11.1. The minimum Gasteiger partial charge on any atom is -0.351 e. The second-order valence-electron chi connectivity index (χ2n) is 4.75. The van der Waals surface area contributed by atoms with Crippen LogP contribution in [0, 0.1) is 6.92 Å². The first-order valence-electron chi connectivity index (χ1n) is 6.46. The standard InChI is InChI=1S/C12H17N5O2/c1-8-7-10(18-15-8)12-14-11(16-19-12)9(2)17-5-3-13-4-6-17/h7,9,13H,3-6H2,1-2H3. The molecule has 0 spiro atoms. The van der Waals surface area contributed by atoms with E-state index in [2.05, 4.69) is 32.4 Å². The van der Waals surface area contributed by atoms with Crippen molar-refractivity contribution in [2.45, 2.75) is 19.9 Å². The summed E-state index contributed by atoms with van der Waals surface area (Å²) in [6.07, 6.45) is 0. The lowest BCUT2D eigenvalue weighted by molar-refractivity contribution is 0.176. The van der Waals surface area contributed by atoms with Gasteiger partial charge in [0.15, 0.2) is 5.82 Å². The number of hydrogen-bond donors (Lipinski definition) is 1. The molecule has 3 heterocycles. The SMILES string of the molecule is Cc1cc(-c2nc(C(C)N3CCNCC3)no2)on1. The maximum Gasteiger partial charge on any atom is 0.296 e. The van der Waals surface area contributed by atoms with Gasteiger partial charge in [0.2, 0.25) is 5.76 Å². The Morgan fingerprint density at radius 3 is 2.74 bits per heavy atom. The van der Waals surface area contributed by atoms with E-state index in [-0.39, 0.29) is 6.04 Å². The van der Waals surface area contributed by atoms with Gasteiger partial charge in [-0.15, -0.1) is 0 Å². The van der Waals surface area contributed by atoms with Crippen LogP contribution in [0.2, 0.25) is 0 Å². The lowest BCUT2D eigenvalue weighted by atomic mass is 10.2. The maximum atomic E-state index is 5.24. The monoisotopic (exact) mass is 263 g/mol. The summed E-state index contributed by atoms with van der Waals surface area (Å²) in [7, 11) is 0. The van der Waals surface area contributed by atoms with Gasteiger partial charge in [-0.05, 0) is 13.8 Å². The van der Waals surface area contributed by atoms with Gasteiger partial charge >= 0.3 is 0 Å². The molecule has 1 aliphatic heterocycles. The molecule has 1 atom stereocenters. The number of rotatable bonds is 3. The minimum absolute atomic E-state index is 0.142. The second kappa shape index (κ2) is 5.10. The van der Waals surface area contributed by atoms with Crippen LogP contribution in [0.4, 0.5) is 0 Å². The molecule has 19 heavy (non-hydrogen) atoms. The van der Waals surface area contributed by atoms with Crippen LogP contribution < -0.4 is 5.32 Å². The number of aromatic nitrogens is 3. The van der Waals surface area contributed by atoms with Crippen molar-refractivity contribution in [3.8, 4) is 11.7 Å². The number of piperazine rings is 1. The van der Waals surface area contributed by atoms with Crippen molar-refractivity contribution < 1.29 is 9.05 Å². The average Bonchev–Trinajstić information content (AvgIpc) is 3.07. The Morgan fingerprint density at radius 1 is 1.26 bits per heavy atom. The van der Waals surface area contributed by atoms with Crippen molar-refractivity contribution in [1.82, 2.24) is 25.5 Å². The highest BCUT2D eigenvalue weighted by atomic mass is 16.5. The molecule has 1 unspecified atom stereocenters. The third kappa shape index (κ3) is 2.52. The van der Waals surface area contributed by atoms with E-state index in [1.54, 1.807) is 6.07 Å². The molecule has 3 rings (SSSR count). The lowest BCUT2D eigenvalue weighted by Gasteiger charge is -2.30. The summed E-state index contributed by atoms with van der Waals surface area (Å²) >= 11 is 0. The van der Waals surface area contributed by atoms with Crippen LogP contribution in [-0.4, -0.2) is 46.4 Å². The van der Waals surface area contributed by atoms with Crippen molar-refractivity contribution in [1.29, 1.82) is 0 Å². The van der Waals surface area contributed by atoms with Crippen LogP contribution in [-0.2, 0) is 0 Å². The number of nitrogens with zero attached hydrogens (tertiary/aromatic N) is 4. The summed E-state index contributed by atoms with van der Waals surface area (Å²) in [5, 5.41) is 11.2. The molecule has 1 saturated heterocycles. The van der Waals surface area contributed by atoms with E-state index in [4.69, 9.17) is 9.05 Å². The van der Waals surface area contributed by atoms with Crippen LogP contribution in [0.5, 0.6) is 0 Å². The smallest absolute Gasteiger partial charge is 0.296 e. The topological polar surface area (TPSA) is 80.2 Å². The van der Waals surface area contributed by atoms with Crippen LogP contribution in [0.1, 0.15) is 24.5 Å². The van der Waals surface area contributed by atoms with Gasteiger partial charge in [-0.1, -0.05) is 10.3 Å². The van der Waals surface area contributed by atoms with Crippen molar-refractivity contribution in [3.63, 3.8) is 0 Å². The number of aryl methyl sites for hydroxylation is 1. The predicted molar refractivity (Wildman–Crippen MR) is 67.4 cm³/mol. The van der Waals surface area contributed by atoms with Gasteiger partial charge in [-0.25, -0.2) is 0 Å². The molecule has 2 aromatic heterocycles. The maximum absolute atomic E-state index is 5.24.